The van der Waals surface area contributed by atoms with E-state index >= 15 is 0 Å². The maximum absolute atomic E-state index is 12.9. The fourth-order valence-electron chi connectivity index (χ4n) is 7.28. The second kappa shape index (κ2) is 15.0. The number of benzene rings is 3. The topological polar surface area (TPSA) is 129 Å². The Morgan fingerprint density at radius 1 is 0.483 bits per heavy atom. The van der Waals surface area contributed by atoms with Crippen molar-refractivity contribution in [1.82, 2.24) is 0 Å². The number of nitriles is 4. The summed E-state index contributed by atoms with van der Waals surface area (Å²) >= 11 is 6.30. The second-order valence-electron chi connectivity index (χ2n) is 13.1. The van der Waals surface area contributed by atoms with Gasteiger partial charge in [0.2, 0.25) is 0 Å². The zero-order valence-corrected chi connectivity index (χ0v) is 33.2. The Morgan fingerprint density at radius 3 is 1.26 bits per heavy atom. The van der Waals surface area contributed by atoms with Crippen molar-refractivity contribution in [2.24, 2.45) is 0 Å². The van der Waals surface area contributed by atoms with E-state index in [0.717, 1.165) is 61.2 Å². The molecular formula is C48H22N4O2S4. The summed E-state index contributed by atoms with van der Waals surface area (Å²) < 4.78 is 5.56. The normalized spacial score (nSPS) is 16.0. The molecule has 9 rings (SSSR count). The number of hydrogen-bond donors (Lipinski definition) is 0. The third kappa shape index (κ3) is 6.30. The summed E-state index contributed by atoms with van der Waals surface area (Å²) in [5, 5.41) is 40.3. The Kier molecular flexibility index (Phi) is 9.40. The molecule has 3 aromatic carbocycles. The van der Waals surface area contributed by atoms with Crippen LogP contribution in [0.25, 0.3) is 65.7 Å². The predicted octanol–water partition coefficient (Wildman–Crippen LogP) is 8.50. The number of nitrogens with zero attached hydrogens (tertiary/aromatic N) is 4. The Morgan fingerprint density at radius 2 is 0.879 bits per heavy atom. The van der Waals surface area contributed by atoms with Gasteiger partial charge in [0, 0.05) is 81.5 Å². The van der Waals surface area contributed by atoms with E-state index in [0.29, 0.717) is 31.4 Å². The first-order valence-corrected chi connectivity index (χ1v) is 21.0. The van der Waals surface area contributed by atoms with Crippen LogP contribution in [0.1, 0.15) is 9.75 Å². The molecule has 0 spiro atoms. The first-order valence-electron chi connectivity index (χ1n) is 17.7. The fraction of sp³-hybridized carbons (Fsp3) is 0. The summed E-state index contributed by atoms with van der Waals surface area (Å²) in [5.41, 5.74) is 5.74. The highest BCUT2D eigenvalue weighted by Gasteiger charge is 2.24. The Bertz CT molecular complexity index is 3200. The van der Waals surface area contributed by atoms with Crippen LogP contribution in [0.5, 0.6) is 0 Å². The van der Waals surface area contributed by atoms with E-state index in [1.54, 1.807) is 34.8 Å². The van der Waals surface area contributed by atoms with Crippen LogP contribution >= 0.6 is 45.3 Å². The van der Waals surface area contributed by atoms with Crippen molar-refractivity contribution < 1.29 is 9.59 Å². The Balaban J connectivity index is 1.26. The molecule has 10 heteroatoms. The smallest absolute Gasteiger partial charge is 0.187 e. The molecule has 58 heavy (non-hydrogen) atoms. The SMILES string of the molecule is N#CC(C#N)=C1C=CC(=O)/C1=c1/cc/c(=C/c2cc3c(-c4ccccc4)c4sc(/C=c5/cc/c(=C6/C(=O)C=CC6=C(C#N)C#N)s5)cc4c(-c4ccccc4)c3s2)s1. The van der Waals surface area contributed by atoms with Gasteiger partial charge in [0.15, 0.2) is 11.6 Å². The number of carbonyl (C=O) groups excluding carboxylic acids is 2. The average molecular weight is 815 g/mol. The molecule has 0 saturated heterocycles. The second-order valence-corrected chi connectivity index (χ2v) is 17.5. The van der Waals surface area contributed by atoms with Gasteiger partial charge in [-0.05, 0) is 84.0 Å². The summed E-state index contributed by atoms with van der Waals surface area (Å²) in [6.07, 6.45) is 10.1. The molecule has 6 nitrogen and oxygen atoms in total. The van der Waals surface area contributed by atoms with Crippen molar-refractivity contribution in [3.63, 3.8) is 0 Å². The van der Waals surface area contributed by atoms with Gasteiger partial charge in [0.1, 0.15) is 35.4 Å². The first-order chi connectivity index (χ1) is 28.4. The molecule has 2 aliphatic rings. The van der Waals surface area contributed by atoms with E-state index in [2.05, 4.69) is 48.6 Å². The standard InChI is InChI=1S/C48H22N4O2S4/c49-23-29(24-50)35-13-15-39(53)45(35)41-17-11-31(55-41)19-33-21-37-43(27-7-3-1-4-8-27)47-38(44(48(37)58-33)28-9-5-2-6-10-28)22-34(57-47)20-32-12-18-42(56-32)46-36(14-16-40(46)54)30(25-51)26-52/h1-22H/b31-19-,32-20-,45-41-,46-42-. The van der Waals surface area contributed by atoms with Crippen LogP contribution in [0.3, 0.4) is 0 Å². The average Bonchev–Trinajstić information content (AvgIpc) is 4.11. The molecule has 0 unspecified atom stereocenters. The van der Waals surface area contributed by atoms with Crippen molar-refractivity contribution in [2.45, 2.75) is 0 Å². The molecule has 0 bridgehead atoms. The van der Waals surface area contributed by atoms with Crippen molar-refractivity contribution in [1.29, 1.82) is 21.0 Å². The number of carbonyl (C=O) groups is 2. The molecule has 2 aliphatic carbocycles. The summed E-state index contributed by atoms with van der Waals surface area (Å²) in [6, 6.07) is 40.6. The third-order valence-corrected chi connectivity index (χ3v) is 14.1. The van der Waals surface area contributed by atoms with Crippen molar-refractivity contribution >= 4 is 100 Å². The summed E-state index contributed by atoms with van der Waals surface area (Å²) in [4.78, 5) is 27.8. The number of rotatable bonds is 4. The van der Waals surface area contributed by atoms with Gasteiger partial charge >= 0.3 is 0 Å². The molecule has 270 valence electrons. The van der Waals surface area contributed by atoms with E-state index in [-0.39, 0.29) is 22.7 Å². The number of ketones is 2. The molecule has 0 radical (unpaired) electrons. The largest absolute Gasteiger partial charge is 0.289 e. The Hall–Kier alpha value is -7.28. The monoisotopic (exact) mass is 814 g/mol. The van der Waals surface area contributed by atoms with Crippen LogP contribution in [0.4, 0.5) is 0 Å². The summed E-state index contributed by atoms with van der Waals surface area (Å²) in [5.74, 6) is -0.443. The van der Waals surface area contributed by atoms with Crippen LogP contribution in [0.2, 0.25) is 0 Å². The molecule has 0 N–H and O–H groups in total. The van der Waals surface area contributed by atoms with Crippen LogP contribution < -0.4 is 18.1 Å². The minimum Gasteiger partial charge on any atom is -0.289 e. The fourth-order valence-corrected chi connectivity index (χ4v) is 11.9. The molecule has 0 aliphatic heterocycles. The summed E-state index contributed by atoms with van der Waals surface area (Å²) in [6.45, 7) is 0. The third-order valence-electron chi connectivity index (χ3n) is 9.76. The van der Waals surface area contributed by atoms with E-state index < -0.39 is 0 Å². The molecule has 0 saturated carbocycles. The highest BCUT2D eigenvalue weighted by atomic mass is 32.1. The highest BCUT2D eigenvalue weighted by Crippen LogP contribution is 2.49. The lowest BCUT2D eigenvalue weighted by atomic mass is 9.93. The lowest BCUT2D eigenvalue weighted by molar-refractivity contribution is -0.110. The van der Waals surface area contributed by atoms with Gasteiger partial charge in [0.05, 0.1) is 0 Å². The highest BCUT2D eigenvalue weighted by molar-refractivity contribution is 7.23. The van der Waals surface area contributed by atoms with E-state index in [1.165, 1.54) is 34.8 Å². The van der Waals surface area contributed by atoms with Crippen molar-refractivity contribution in [3.05, 3.63) is 172 Å². The zero-order chi connectivity index (χ0) is 39.9. The molecule has 4 aromatic heterocycles. The van der Waals surface area contributed by atoms with Gasteiger partial charge < -0.3 is 0 Å². The van der Waals surface area contributed by atoms with Gasteiger partial charge in [-0.15, -0.1) is 45.3 Å². The predicted molar refractivity (Wildman–Crippen MR) is 234 cm³/mol. The van der Waals surface area contributed by atoms with Gasteiger partial charge in [-0.2, -0.15) is 21.0 Å². The first kappa shape index (κ1) is 36.4. The lowest BCUT2D eigenvalue weighted by Crippen LogP contribution is -2.07. The molecule has 0 fully saturated rings. The molecular weight excluding hydrogens is 793 g/mol. The van der Waals surface area contributed by atoms with E-state index in [4.69, 9.17) is 0 Å². The quantitative estimate of drug-likeness (QED) is 0.164. The van der Waals surface area contributed by atoms with E-state index in [1.807, 2.05) is 84.9 Å². The number of fused-ring (bicyclic) bond motifs is 2. The van der Waals surface area contributed by atoms with Gasteiger partial charge in [-0.1, -0.05) is 60.7 Å². The number of thiophene rings is 4. The molecule has 7 aromatic rings. The van der Waals surface area contributed by atoms with Crippen molar-refractivity contribution in [2.75, 3.05) is 0 Å². The van der Waals surface area contributed by atoms with Crippen LogP contribution in [0.15, 0.2) is 144 Å². The number of allylic oxidation sites excluding steroid dienone is 8. The minimum absolute atomic E-state index is 0.0847. The van der Waals surface area contributed by atoms with E-state index in [9.17, 15) is 30.6 Å². The molecule has 0 amide bonds. The number of hydrogen-bond acceptors (Lipinski definition) is 10. The lowest BCUT2D eigenvalue weighted by Gasteiger charge is -2.12. The van der Waals surface area contributed by atoms with Gasteiger partial charge in [-0.3, -0.25) is 9.59 Å². The van der Waals surface area contributed by atoms with Gasteiger partial charge in [0.25, 0.3) is 0 Å². The van der Waals surface area contributed by atoms with Crippen LogP contribution in [-0.4, -0.2) is 11.6 Å². The molecule has 0 atom stereocenters. The maximum Gasteiger partial charge on any atom is 0.187 e. The van der Waals surface area contributed by atoms with Crippen LogP contribution in [0, 0.1) is 45.3 Å². The van der Waals surface area contributed by atoms with Crippen molar-refractivity contribution in [3.8, 4) is 46.5 Å². The van der Waals surface area contributed by atoms with Gasteiger partial charge in [-0.25, -0.2) is 0 Å². The Labute approximate surface area is 347 Å². The summed E-state index contributed by atoms with van der Waals surface area (Å²) in [7, 11) is 0. The zero-order valence-electron chi connectivity index (χ0n) is 29.9. The van der Waals surface area contributed by atoms with Crippen LogP contribution in [-0.2, 0) is 9.59 Å². The minimum atomic E-state index is -0.222. The molecule has 4 heterocycles. The maximum atomic E-state index is 12.9.